The van der Waals surface area contributed by atoms with Gasteiger partial charge in [-0.1, -0.05) is 38.0 Å². The van der Waals surface area contributed by atoms with Crippen LogP contribution < -0.4 is 5.32 Å². The molecular formula is C16H24FN. The Kier molecular flexibility index (Phi) is 4.76. The highest BCUT2D eigenvalue weighted by Crippen LogP contribution is 2.25. The third kappa shape index (κ3) is 3.55. The van der Waals surface area contributed by atoms with E-state index >= 15 is 0 Å². The van der Waals surface area contributed by atoms with Crippen molar-refractivity contribution in [2.75, 3.05) is 0 Å². The Morgan fingerprint density at radius 1 is 1.17 bits per heavy atom. The van der Waals surface area contributed by atoms with Crippen LogP contribution >= 0.6 is 0 Å². The monoisotopic (exact) mass is 249 g/mol. The maximum Gasteiger partial charge on any atom is 0.127 e. The molecule has 2 rings (SSSR count). The Morgan fingerprint density at radius 2 is 1.94 bits per heavy atom. The van der Waals surface area contributed by atoms with E-state index in [9.17, 15) is 4.39 Å². The lowest BCUT2D eigenvalue weighted by Gasteiger charge is -2.22. The van der Waals surface area contributed by atoms with Crippen molar-refractivity contribution < 1.29 is 4.39 Å². The predicted octanol–water partition coefficient (Wildman–Crippen LogP) is 4.45. The first-order chi connectivity index (χ1) is 8.66. The fraction of sp³-hybridized carbons (Fsp3) is 0.625. The van der Waals surface area contributed by atoms with Crippen molar-refractivity contribution in [2.24, 2.45) is 5.92 Å². The van der Waals surface area contributed by atoms with Crippen molar-refractivity contribution in [1.29, 1.82) is 0 Å². The molecule has 1 aliphatic rings. The molecule has 1 aromatic rings. The van der Waals surface area contributed by atoms with Gasteiger partial charge in [0, 0.05) is 17.6 Å². The minimum absolute atomic E-state index is 0.0977. The average molecular weight is 249 g/mol. The summed E-state index contributed by atoms with van der Waals surface area (Å²) in [6, 6.07) is 7.73. The minimum atomic E-state index is -0.0977. The van der Waals surface area contributed by atoms with Gasteiger partial charge < -0.3 is 5.32 Å². The quantitative estimate of drug-likeness (QED) is 0.781. The summed E-state index contributed by atoms with van der Waals surface area (Å²) in [6.45, 7) is 4.40. The maximum atomic E-state index is 13.7. The Labute approximate surface area is 110 Å². The van der Waals surface area contributed by atoms with Gasteiger partial charge in [0.1, 0.15) is 5.82 Å². The van der Waals surface area contributed by atoms with Crippen LogP contribution in [0.15, 0.2) is 24.3 Å². The van der Waals surface area contributed by atoms with Crippen molar-refractivity contribution in [3.63, 3.8) is 0 Å². The third-order valence-corrected chi connectivity index (χ3v) is 4.11. The summed E-state index contributed by atoms with van der Waals surface area (Å²) < 4.78 is 13.7. The Morgan fingerprint density at radius 3 is 2.72 bits per heavy atom. The Balaban J connectivity index is 1.94. The highest BCUT2D eigenvalue weighted by Gasteiger charge is 2.19. The van der Waals surface area contributed by atoms with Crippen molar-refractivity contribution in [1.82, 2.24) is 5.32 Å². The third-order valence-electron chi connectivity index (χ3n) is 4.11. The first kappa shape index (κ1) is 13.5. The smallest absolute Gasteiger partial charge is 0.127 e. The van der Waals surface area contributed by atoms with Gasteiger partial charge in [-0.2, -0.15) is 0 Å². The lowest BCUT2D eigenvalue weighted by atomic mass is 10.0. The molecule has 18 heavy (non-hydrogen) atoms. The lowest BCUT2D eigenvalue weighted by Crippen LogP contribution is -2.31. The number of hydrogen-bond donors (Lipinski definition) is 1. The normalized spacial score (nSPS) is 26.6. The molecule has 1 saturated carbocycles. The molecule has 1 nitrogen and oxygen atoms in total. The van der Waals surface area contributed by atoms with Crippen LogP contribution in [0.1, 0.15) is 57.6 Å². The summed E-state index contributed by atoms with van der Waals surface area (Å²) in [5, 5.41) is 3.60. The molecule has 3 atom stereocenters. The van der Waals surface area contributed by atoms with Gasteiger partial charge in [0.25, 0.3) is 0 Å². The Hall–Kier alpha value is -0.890. The van der Waals surface area contributed by atoms with Gasteiger partial charge in [0.2, 0.25) is 0 Å². The maximum absolute atomic E-state index is 13.7. The highest BCUT2D eigenvalue weighted by molar-refractivity contribution is 5.20. The van der Waals surface area contributed by atoms with Gasteiger partial charge in [0.15, 0.2) is 0 Å². The van der Waals surface area contributed by atoms with Crippen LogP contribution in [0.2, 0.25) is 0 Å². The van der Waals surface area contributed by atoms with Crippen LogP contribution in [0.5, 0.6) is 0 Å². The molecule has 2 heteroatoms. The zero-order chi connectivity index (χ0) is 13.0. The van der Waals surface area contributed by atoms with Gasteiger partial charge in [-0.15, -0.1) is 0 Å². The van der Waals surface area contributed by atoms with Crippen molar-refractivity contribution in [2.45, 2.75) is 58.0 Å². The second-order valence-electron chi connectivity index (χ2n) is 5.72. The largest absolute Gasteiger partial charge is 0.307 e. The molecule has 100 valence electrons. The summed E-state index contributed by atoms with van der Waals surface area (Å²) in [5.74, 6) is 0.750. The van der Waals surface area contributed by atoms with Gasteiger partial charge >= 0.3 is 0 Å². The van der Waals surface area contributed by atoms with E-state index in [-0.39, 0.29) is 11.9 Å². The van der Waals surface area contributed by atoms with Crippen molar-refractivity contribution >= 4 is 0 Å². The number of nitrogens with one attached hydrogen (secondary N) is 1. The Bertz CT molecular complexity index is 377. The summed E-state index contributed by atoms with van der Waals surface area (Å²) >= 11 is 0. The van der Waals surface area contributed by atoms with E-state index in [4.69, 9.17) is 0 Å². The molecule has 0 bridgehead atoms. The number of rotatable bonds is 3. The van der Waals surface area contributed by atoms with E-state index in [1.807, 2.05) is 12.1 Å². The van der Waals surface area contributed by atoms with Crippen molar-refractivity contribution in [3.8, 4) is 0 Å². The second kappa shape index (κ2) is 6.33. The van der Waals surface area contributed by atoms with Crippen LogP contribution in [0.25, 0.3) is 0 Å². The minimum Gasteiger partial charge on any atom is -0.307 e. The fourth-order valence-corrected chi connectivity index (χ4v) is 2.92. The van der Waals surface area contributed by atoms with E-state index in [0.717, 1.165) is 11.5 Å². The molecule has 0 aromatic heterocycles. The van der Waals surface area contributed by atoms with E-state index < -0.39 is 0 Å². The van der Waals surface area contributed by atoms with Crippen LogP contribution in [0, 0.1) is 11.7 Å². The van der Waals surface area contributed by atoms with E-state index in [1.54, 1.807) is 12.1 Å². The molecule has 1 fully saturated rings. The molecule has 0 amide bonds. The average Bonchev–Trinajstić information content (AvgIpc) is 2.55. The van der Waals surface area contributed by atoms with Crippen LogP contribution in [0.3, 0.4) is 0 Å². The summed E-state index contributed by atoms with van der Waals surface area (Å²) in [5.41, 5.74) is 0.787. The first-order valence-electron chi connectivity index (χ1n) is 7.17. The first-order valence-corrected chi connectivity index (χ1v) is 7.17. The van der Waals surface area contributed by atoms with Crippen molar-refractivity contribution in [3.05, 3.63) is 35.6 Å². The molecule has 0 spiro atoms. The fourth-order valence-electron chi connectivity index (χ4n) is 2.92. The van der Waals surface area contributed by atoms with E-state index in [1.165, 1.54) is 32.1 Å². The topological polar surface area (TPSA) is 12.0 Å². The van der Waals surface area contributed by atoms with Gasteiger partial charge in [-0.05, 0) is 38.2 Å². The second-order valence-corrected chi connectivity index (χ2v) is 5.72. The van der Waals surface area contributed by atoms with Crippen LogP contribution in [0.4, 0.5) is 4.39 Å². The number of halogens is 1. The predicted molar refractivity (Wildman–Crippen MR) is 74.0 cm³/mol. The molecule has 1 N–H and O–H groups in total. The molecule has 1 aliphatic carbocycles. The van der Waals surface area contributed by atoms with E-state index in [2.05, 4.69) is 19.2 Å². The molecule has 0 heterocycles. The lowest BCUT2D eigenvalue weighted by molar-refractivity contribution is 0.401. The van der Waals surface area contributed by atoms with Crippen LogP contribution in [-0.4, -0.2) is 6.04 Å². The van der Waals surface area contributed by atoms with Gasteiger partial charge in [0.05, 0.1) is 0 Å². The van der Waals surface area contributed by atoms with Crippen LogP contribution in [-0.2, 0) is 0 Å². The number of hydrogen-bond acceptors (Lipinski definition) is 1. The molecule has 1 aromatic carbocycles. The summed E-state index contributed by atoms with van der Waals surface area (Å²) in [6.07, 6.45) is 6.37. The molecule has 0 radical (unpaired) electrons. The number of benzene rings is 1. The standard InChI is InChI=1S/C16H24FN/c1-12-6-5-7-14(11-10-12)18-13(2)15-8-3-4-9-16(15)17/h3-4,8-9,12-14,18H,5-7,10-11H2,1-2H3/t12?,13-,14?/m1/s1. The zero-order valence-corrected chi connectivity index (χ0v) is 11.5. The molecule has 0 aliphatic heterocycles. The molecule has 0 saturated heterocycles. The SMILES string of the molecule is CC1CCCC(N[C@H](C)c2ccccc2F)CC1. The summed E-state index contributed by atoms with van der Waals surface area (Å²) in [4.78, 5) is 0. The molecular weight excluding hydrogens is 225 g/mol. The molecule has 2 unspecified atom stereocenters. The zero-order valence-electron chi connectivity index (χ0n) is 11.5. The van der Waals surface area contributed by atoms with E-state index in [0.29, 0.717) is 6.04 Å². The van der Waals surface area contributed by atoms with Gasteiger partial charge in [-0.3, -0.25) is 0 Å². The highest BCUT2D eigenvalue weighted by atomic mass is 19.1. The summed E-state index contributed by atoms with van der Waals surface area (Å²) in [7, 11) is 0. The van der Waals surface area contributed by atoms with Gasteiger partial charge in [-0.25, -0.2) is 4.39 Å².